The zero-order chi connectivity index (χ0) is 6.95. The predicted molar refractivity (Wildman–Crippen MR) is 56.1 cm³/mol. The molecule has 1 aliphatic rings. The Morgan fingerprint density at radius 3 is 0.933 bits per heavy atom. The molecule has 1 aliphatic heterocycles. The number of carboxylic acid groups (broad SMARTS) is 1. The van der Waals surface area contributed by atoms with Crippen LogP contribution in [0.5, 0.6) is 0 Å². The van der Waals surface area contributed by atoms with Gasteiger partial charge in [0, 0.05) is 26.2 Å². The Morgan fingerprint density at radius 1 is 0.733 bits per heavy atom. The zero-order valence-electron chi connectivity index (χ0n) is 8.26. The maximum absolute atomic E-state index is 8.36. The Hall–Kier alpha value is -0.850. The van der Waals surface area contributed by atoms with Gasteiger partial charge in [-0.15, -0.1) is 0 Å². The molecule has 0 bridgehead atoms. The molecule has 0 atom stereocenters. The van der Waals surface area contributed by atoms with Crippen LogP contribution in [0, 0.1) is 0 Å². The van der Waals surface area contributed by atoms with E-state index < -0.39 is 0 Å². The first kappa shape index (κ1) is 47.9. The van der Waals surface area contributed by atoms with Crippen molar-refractivity contribution in [2.24, 2.45) is 0 Å². The average molecular weight is 240 g/mol. The van der Waals surface area contributed by atoms with Gasteiger partial charge in [0.05, 0.1) is 0 Å². The van der Waals surface area contributed by atoms with Crippen molar-refractivity contribution >= 4 is 6.47 Å². The van der Waals surface area contributed by atoms with Crippen molar-refractivity contribution in [2.75, 3.05) is 26.2 Å². The first-order valence-electron chi connectivity index (χ1n) is 2.91. The van der Waals surface area contributed by atoms with E-state index in [2.05, 4.69) is 10.6 Å². The van der Waals surface area contributed by atoms with E-state index in [9.17, 15) is 0 Å². The quantitative estimate of drug-likeness (QED) is 0.349. The highest BCUT2D eigenvalue weighted by Crippen LogP contribution is 1.65. The molecule has 15 N–H and O–H groups in total. The summed E-state index contributed by atoms with van der Waals surface area (Å²) in [6.07, 6.45) is 0. The SMILES string of the molecule is C1CNCCN1.O.O.O.O.O.O.O=CO. The fraction of sp³-hybridized carbons (Fsp3) is 0.800. The summed E-state index contributed by atoms with van der Waals surface area (Å²) < 4.78 is 0. The van der Waals surface area contributed by atoms with Crippen LogP contribution < -0.4 is 10.6 Å². The molecule has 0 aromatic rings. The normalized spacial score (nSPS) is 10.4. The van der Waals surface area contributed by atoms with Crippen LogP contribution in [0.15, 0.2) is 0 Å². The molecule has 15 heavy (non-hydrogen) atoms. The fourth-order valence-electron chi connectivity index (χ4n) is 0.604. The molecule has 10 heteroatoms. The molecule has 0 aromatic heterocycles. The van der Waals surface area contributed by atoms with Crippen LogP contribution in [0.2, 0.25) is 0 Å². The Labute approximate surface area is 87.1 Å². The molecule has 102 valence electrons. The standard InChI is InChI=1S/C4H10N2.CH2O2.6H2O/c1-2-6-4-3-5-1;2-1-3;;;;;;/h5-6H,1-4H2;1H,(H,2,3);6*1H2. The summed E-state index contributed by atoms with van der Waals surface area (Å²) in [5.74, 6) is 0. The van der Waals surface area contributed by atoms with Gasteiger partial charge in [-0.3, -0.25) is 4.79 Å². The number of nitrogens with one attached hydrogen (secondary N) is 2. The maximum Gasteiger partial charge on any atom is 0.290 e. The van der Waals surface area contributed by atoms with Crippen molar-refractivity contribution in [3.05, 3.63) is 0 Å². The minimum absolute atomic E-state index is 0. The molecule has 0 spiro atoms. The van der Waals surface area contributed by atoms with Crippen LogP contribution in [0.3, 0.4) is 0 Å². The number of carbonyl (C=O) groups is 1. The van der Waals surface area contributed by atoms with Crippen molar-refractivity contribution in [2.45, 2.75) is 0 Å². The average Bonchev–Trinajstić information content (AvgIpc) is 1.93. The molecule has 1 fully saturated rings. The molecule has 1 saturated heterocycles. The van der Waals surface area contributed by atoms with Gasteiger partial charge in [0.15, 0.2) is 0 Å². The highest BCUT2D eigenvalue weighted by atomic mass is 16.3. The van der Waals surface area contributed by atoms with E-state index in [1.807, 2.05) is 0 Å². The molecular formula is C5H24N2O8. The zero-order valence-corrected chi connectivity index (χ0v) is 8.26. The molecule has 0 saturated carbocycles. The molecule has 10 nitrogen and oxygen atoms in total. The van der Waals surface area contributed by atoms with E-state index in [0.717, 1.165) is 26.2 Å². The third-order valence-corrected chi connectivity index (χ3v) is 0.957. The van der Waals surface area contributed by atoms with Gasteiger partial charge in [0.2, 0.25) is 0 Å². The summed E-state index contributed by atoms with van der Waals surface area (Å²) in [5, 5.41) is 13.3. The lowest BCUT2D eigenvalue weighted by molar-refractivity contribution is -0.122. The number of piperazine rings is 1. The molecule has 1 rings (SSSR count). The summed E-state index contributed by atoms with van der Waals surface area (Å²) in [7, 11) is 0. The van der Waals surface area contributed by atoms with Gasteiger partial charge in [-0.05, 0) is 0 Å². The van der Waals surface area contributed by atoms with E-state index in [0.29, 0.717) is 0 Å². The van der Waals surface area contributed by atoms with Crippen LogP contribution in [-0.2, 0) is 4.79 Å². The van der Waals surface area contributed by atoms with Crippen molar-refractivity contribution in [3.63, 3.8) is 0 Å². The van der Waals surface area contributed by atoms with E-state index in [1.54, 1.807) is 0 Å². The summed E-state index contributed by atoms with van der Waals surface area (Å²) in [4.78, 5) is 8.36. The smallest absolute Gasteiger partial charge is 0.290 e. The van der Waals surface area contributed by atoms with Crippen molar-refractivity contribution in [1.29, 1.82) is 0 Å². The second-order valence-electron chi connectivity index (χ2n) is 1.61. The Bertz CT molecular complexity index is 60.5. The monoisotopic (exact) mass is 240 g/mol. The Kier molecular flexibility index (Phi) is 164. The summed E-state index contributed by atoms with van der Waals surface area (Å²) in [6, 6.07) is 0. The van der Waals surface area contributed by atoms with Gasteiger partial charge in [-0.1, -0.05) is 0 Å². The van der Waals surface area contributed by atoms with E-state index in [4.69, 9.17) is 9.90 Å². The molecule has 0 aliphatic carbocycles. The molecule has 0 aromatic carbocycles. The predicted octanol–water partition coefficient (Wildman–Crippen LogP) is -6.07. The minimum atomic E-state index is -0.250. The summed E-state index contributed by atoms with van der Waals surface area (Å²) in [6.45, 7) is 4.31. The molecule has 1 heterocycles. The Morgan fingerprint density at radius 2 is 0.867 bits per heavy atom. The number of hydrogen-bond acceptors (Lipinski definition) is 3. The third-order valence-electron chi connectivity index (χ3n) is 0.957. The van der Waals surface area contributed by atoms with Crippen LogP contribution in [0.25, 0.3) is 0 Å². The minimum Gasteiger partial charge on any atom is -0.483 e. The summed E-state index contributed by atoms with van der Waals surface area (Å²) in [5.41, 5.74) is 0. The molecule has 0 amide bonds. The van der Waals surface area contributed by atoms with Gasteiger partial charge in [0.1, 0.15) is 0 Å². The molecule has 0 radical (unpaired) electrons. The van der Waals surface area contributed by atoms with Crippen molar-refractivity contribution in [3.8, 4) is 0 Å². The lowest BCUT2D eigenvalue weighted by Gasteiger charge is -2.11. The topological polar surface area (TPSA) is 250 Å². The maximum atomic E-state index is 8.36. The van der Waals surface area contributed by atoms with Crippen molar-refractivity contribution in [1.82, 2.24) is 10.6 Å². The van der Waals surface area contributed by atoms with Gasteiger partial charge in [-0.2, -0.15) is 0 Å². The van der Waals surface area contributed by atoms with E-state index in [1.165, 1.54) is 0 Å². The number of rotatable bonds is 0. The molecule has 0 unspecified atom stereocenters. The number of hydrogen-bond donors (Lipinski definition) is 3. The highest BCUT2D eigenvalue weighted by Gasteiger charge is 1.91. The van der Waals surface area contributed by atoms with Crippen LogP contribution in [0.4, 0.5) is 0 Å². The Balaban J connectivity index is -0.0000000133. The van der Waals surface area contributed by atoms with Crippen molar-refractivity contribution < 1.29 is 42.8 Å². The van der Waals surface area contributed by atoms with E-state index in [-0.39, 0.29) is 39.3 Å². The lowest BCUT2D eigenvalue weighted by atomic mass is 10.4. The second-order valence-corrected chi connectivity index (χ2v) is 1.61. The lowest BCUT2D eigenvalue weighted by Crippen LogP contribution is -2.39. The first-order chi connectivity index (χ1) is 4.41. The first-order valence-corrected chi connectivity index (χ1v) is 2.91. The van der Waals surface area contributed by atoms with E-state index >= 15 is 0 Å². The van der Waals surface area contributed by atoms with Gasteiger partial charge in [-0.25, -0.2) is 0 Å². The van der Waals surface area contributed by atoms with Gasteiger partial charge < -0.3 is 48.6 Å². The van der Waals surface area contributed by atoms with Crippen LogP contribution in [0.1, 0.15) is 0 Å². The van der Waals surface area contributed by atoms with Gasteiger partial charge >= 0.3 is 0 Å². The largest absolute Gasteiger partial charge is 0.483 e. The molecular weight excluding hydrogens is 216 g/mol. The highest BCUT2D eigenvalue weighted by molar-refractivity contribution is 5.32. The third kappa shape index (κ3) is 61.6. The van der Waals surface area contributed by atoms with Crippen LogP contribution >= 0.6 is 0 Å². The second kappa shape index (κ2) is 51.3. The van der Waals surface area contributed by atoms with Gasteiger partial charge in [0.25, 0.3) is 6.47 Å². The van der Waals surface area contributed by atoms with Crippen LogP contribution in [-0.4, -0.2) is 70.6 Å². The summed E-state index contributed by atoms with van der Waals surface area (Å²) >= 11 is 0. The fourth-order valence-corrected chi connectivity index (χ4v) is 0.604.